The molecule has 0 bridgehead atoms. The number of amides is 2. The number of aromatic nitrogens is 2. The number of thiazole rings is 2. The smallest absolute Gasteiger partial charge is 0.355 e. The largest absolute Gasteiger partial charge is 0.476 e. The molecule has 34 heavy (non-hydrogen) atoms. The van der Waals surface area contributed by atoms with Crippen LogP contribution in [-0.2, 0) is 20.9 Å². The zero-order chi connectivity index (χ0) is 24.6. The van der Waals surface area contributed by atoms with Crippen molar-refractivity contribution < 1.29 is 28.9 Å². The second-order valence-electron chi connectivity index (χ2n) is 9.00. The quantitative estimate of drug-likeness (QED) is 0.473. The van der Waals surface area contributed by atoms with Crippen molar-refractivity contribution in [3.63, 3.8) is 0 Å². The predicted molar refractivity (Wildman–Crippen MR) is 126 cm³/mol. The lowest BCUT2D eigenvalue weighted by molar-refractivity contribution is -0.567. The van der Waals surface area contributed by atoms with Gasteiger partial charge in [-0.1, -0.05) is 13.8 Å². The summed E-state index contributed by atoms with van der Waals surface area (Å²) in [6.45, 7) is 4.23. The van der Waals surface area contributed by atoms with Crippen LogP contribution in [0.3, 0.4) is 0 Å². The lowest BCUT2D eigenvalue weighted by atomic mass is 10.0. The van der Waals surface area contributed by atoms with Crippen LogP contribution in [0.2, 0.25) is 0 Å². The Hall–Kier alpha value is -2.99. The molecule has 0 unspecified atom stereocenters. The number of nitrogens with zero attached hydrogens (tertiary/aromatic N) is 4. The summed E-state index contributed by atoms with van der Waals surface area (Å²) in [6.07, 6.45) is 2.38. The summed E-state index contributed by atoms with van der Waals surface area (Å²) in [5.74, 6) is -1.59. The Morgan fingerprint density at radius 2 is 1.97 bits per heavy atom. The molecule has 1 aliphatic carbocycles. The highest BCUT2D eigenvalue weighted by Gasteiger charge is 2.63. The SMILES string of the molecule is CC(C)CCC(=O)C1=[N+](CC(=O)N(C)Cc2nc(-c3nc(C(=O)O)cs3)cs2)C2(CC2)NC1=O. The third-order valence-corrected chi connectivity index (χ3v) is 7.57. The number of carbonyl (C=O) groups is 4. The van der Waals surface area contributed by atoms with Gasteiger partial charge >= 0.3 is 17.6 Å². The molecule has 12 heteroatoms. The first-order valence-corrected chi connectivity index (χ1v) is 12.7. The lowest BCUT2D eigenvalue weighted by Gasteiger charge is -2.16. The molecule has 4 rings (SSSR count). The minimum absolute atomic E-state index is 0.0281. The number of carboxylic acid groups (broad SMARTS) is 1. The summed E-state index contributed by atoms with van der Waals surface area (Å²) in [5.41, 5.74) is 0.0160. The molecule has 2 aromatic heterocycles. The molecule has 2 aromatic rings. The fraction of sp³-hybridized carbons (Fsp3) is 0.500. The number of carbonyl (C=O) groups excluding carboxylic acids is 3. The number of ketones is 1. The zero-order valence-electron chi connectivity index (χ0n) is 19.2. The Labute approximate surface area is 204 Å². The number of likely N-dealkylation sites (N-methyl/N-ethyl adjacent to an activating group) is 1. The summed E-state index contributed by atoms with van der Waals surface area (Å²) in [7, 11) is 1.65. The van der Waals surface area contributed by atoms with Crippen LogP contribution in [0.25, 0.3) is 10.7 Å². The van der Waals surface area contributed by atoms with Crippen LogP contribution in [0, 0.1) is 5.92 Å². The first-order valence-electron chi connectivity index (χ1n) is 11.0. The van der Waals surface area contributed by atoms with E-state index in [1.807, 2.05) is 13.8 Å². The van der Waals surface area contributed by atoms with Crippen molar-refractivity contribution >= 4 is 52.0 Å². The van der Waals surface area contributed by atoms with Crippen molar-refractivity contribution in [3.05, 3.63) is 21.5 Å². The molecule has 2 N–H and O–H groups in total. The van der Waals surface area contributed by atoms with E-state index in [1.165, 1.54) is 33.0 Å². The van der Waals surface area contributed by atoms with Gasteiger partial charge < -0.3 is 10.0 Å². The van der Waals surface area contributed by atoms with E-state index in [9.17, 15) is 19.2 Å². The highest BCUT2D eigenvalue weighted by molar-refractivity contribution is 7.14. The third kappa shape index (κ3) is 4.92. The van der Waals surface area contributed by atoms with Crippen molar-refractivity contribution in [2.24, 2.45) is 5.92 Å². The Morgan fingerprint density at radius 3 is 2.59 bits per heavy atom. The van der Waals surface area contributed by atoms with Gasteiger partial charge in [0.25, 0.3) is 5.91 Å². The number of hydrogen-bond donors (Lipinski definition) is 2. The molecule has 3 heterocycles. The van der Waals surface area contributed by atoms with E-state index in [-0.39, 0.29) is 42.6 Å². The van der Waals surface area contributed by atoms with Gasteiger partial charge in [-0.05, 0) is 12.3 Å². The molecule has 0 saturated heterocycles. The Bertz CT molecular complexity index is 1190. The van der Waals surface area contributed by atoms with Gasteiger partial charge in [-0.3, -0.25) is 19.7 Å². The van der Waals surface area contributed by atoms with E-state index < -0.39 is 17.5 Å². The third-order valence-electron chi connectivity index (χ3n) is 5.87. The van der Waals surface area contributed by atoms with E-state index in [0.717, 1.165) is 0 Å². The maximum atomic E-state index is 13.0. The summed E-state index contributed by atoms with van der Waals surface area (Å²) in [5, 5.41) is 16.4. The molecule has 0 radical (unpaired) electrons. The van der Waals surface area contributed by atoms with Crippen LogP contribution in [0.4, 0.5) is 0 Å². The lowest BCUT2D eigenvalue weighted by Crippen LogP contribution is -2.42. The fourth-order valence-electron chi connectivity index (χ4n) is 3.75. The molecule has 0 aromatic carbocycles. The van der Waals surface area contributed by atoms with Gasteiger partial charge in [0.1, 0.15) is 15.7 Å². The second-order valence-corrected chi connectivity index (χ2v) is 10.8. The predicted octanol–water partition coefficient (Wildman–Crippen LogP) is 2.00. The van der Waals surface area contributed by atoms with Crippen LogP contribution in [0.15, 0.2) is 10.8 Å². The normalized spacial score (nSPS) is 16.3. The van der Waals surface area contributed by atoms with Crippen molar-refractivity contribution in [3.8, 4) is 10.7 Å². The van der Waals surface area contributed by atoms with Crippen molar-refractivity contribution in [2.45, 2.75) is 51.7 Å². The van der Waals surface area contributed by atoms with Gasteiger partial charge in [0.05, 0.1) is 6.54 Å². The van der Waals surface area contributed by atoms with E-state index >= 15 is 0 Å². The van der Waals surface area contributed by atoms with Crippen LogP contribution in [0.1, 0.15) is 55.0 Å². The molecule has 1 fully saturated rings. The number of nitrogens with one attached hydrogen (secondary N) is 1. The molecule has 2 aliphatic rings. The topological polar surface area (TPSA) is 133 Å². The molecule has 0 atom stereocenters. The van der Waals surface area contributed by atoms with Gasteiger partial charge in [0.15, 0.2) is 5.69 Å². The highest BCUT2D eigenvalue weighted by atomic mass is 32.1. The summed E-state index contributed by atoms with van der Waals surface area (Å²) >= 11 is 2.55. The standard InChI is InChI=1S/C22H25N5O5S2/c1-12(2)4-5-15(28)18-19(30)25-22(6-7-22)27(18)9-17(29)26(3)8-16-23-13(10-33-16)20-24-14(11-34-20)21(31)32/h10-12H,4-9H2,1-3H3,(H-,25,30,31,32)/p+1. The van der Waals surface area contributed by atoms with Gasteiger partial charge in [-0.15, -0.1) is 22.7 Å². The maximum absolute atomic E-state index is 13.0. The minimum Gasteiger partial charge on any atom is -0.476 e. The molecule has 2 amide bonds. The minimum atomic E-state index is -1.09. The molecule has 1 aliphatic heterocycles. The van der Waals surface area contributed by atoms with Crippen LogP contribution in [-0.4, -0.2) is 73.1 Å². The number of Topliss-reactive ketones (excluding diaryl/α,β-unsaturated/α-hetero) is 1. The number of rotatable bonds is 10. The number of hydrogen-bond acceptors (Lipinski definition) is 8. The summed E-state index contributed by atoms with van der Waals surface area (Å²) < 4.78 is 1.66. The number of aromatic carboxylic acids is 1. The first kappa shape index (κ1) is 24.1. The average molecular weight is 505 g/mol. The van der Waals surface area contributed by atoms with Crippen LogP contribution in [0.5, 0.6) is 0 Å². The summed E-state index contributed by atoms with van der Waals surface area (Å²) in [6, 6.07) is 0. The van der Waals surface area contributed by atoms with Crippen molar-refractivity contribution in [1.29, 1.82) is 0 Å². The van der Waals surface area contributed by atoms with Crippen LogP contribution >= 0.6 is 22.7 Å². The van der Waals surface area contributed by atoms with Gasteiger partial charge in [0, 0.05) is 37.1 Å². The maximum Gasteiger partial charge on any atom is 0.355 e. The van der Waals surface area contributed by atoms with Gasteiger partial charge in [-0.2, -0.15) is 4.58 Å². The second kappa shape index (κ2) is 9.34. The van der Waals surface area contributed by atoms with E-state index in [4.69, 9.17) is 5.11 Å². The Morgan fingerprint density at radius 1 is 1.24 bits per heavy atom. The number of carboxylic acids is 1. The van der Waals surface area contributed by atoms with Crippen molar-refractivity contribution in [1.82, 2.24) is 20.2 Å². The molecule has 180 valence electrons. The zero-order valence-corrected chi connectivity index (χ0v) is 20.8. The Balaban J connectivity index is 1.45. The monoisotopic (exact) mass is 504 g/mol. The van der Waals surface area contributed by atoms with E-state index in [2.05, 4.69) is 15.3 Å². The first-order chi connectivity index (χ1) is 16.1. The molecule has 10 nitrogen and oxygen atoms in total. The molecular weight excluding hydrogens is 478 g/mol. The van der Waals surface area contributed by atoms with Crippen molar-refractivity contribution in [2.75, 3.05) is 13.6 Å². The molecule has 1 saturated carbocycles. The highest BCUT2D eigenvalue weighted by Crippen LogP contribution is 2.39. The fourth-order valence-corrected chi connectivity index (χ4v) is 5.41. The van der Waals surface area contributed by atoms with Crippen LogP contribution < -0.4 is 5.32 Å². The molecule has 1 spiro atoms. The Kier molecular flexibility index (Phi) is 6.63. The van der Waals surface area contributed by atoms with E-state index in [1.54, 1.807) is 17.0 Å². The summed E-state index contributed by atoms with van der Waals surface area (Å²) in [4.78, 5) is 59.5. The average Bonchev–Trinajstić information content (AvgIpc) is 3.12. The van der Waals surface area contributed by atoms with E-state index in [0.29, 0.717) is 40.9 Å². The molecular formula is C22H26N5O5S2+. The van der Waals surface area contributed by atoms with Gasteiger partial charge in [0.2, 0.25) is 18.0 Å². The van der Waals surface area contributed by atoms with Gasteiger partial charge in [-0.25, -0.2) is 14.8 Å².